The Bertz CT molecular complexity index is 813. The van der Waals surface area contributed by atoms with Gasteiger partial charge in [0.05, 0.1) is 18.4 Å². The van der Waals surface area contributed by atoms with Gasteiger partial charge in [-0.05, 0) is 29.8 Å². The fraction of sp³-hybridized carbons (Fsp3) is 0.368. The molecule has 1 aliphatic rings. The zero-order valence-electron chi connectivity index (χ0n) is 15.0. The number of piperazine rings is 1. The van der Waals surface area contributed by atoms with Crippen LogP contribution in [0.3, 0.4) is 0 Å². The van der Waals surface area contributed by atoms with Crippen molar-refractivity contribution in [3.05, 3.63) is 59.5 Å². The minimum Gasteiger partial charge on any atom is -0.459 e. The van der Waals surface area contributed by atoms with Crippen molar-refractivity contribution >= 4 is 11.8 Å². The number of hydrogen-bond donors (Lipinski definition) is 1. The molecule has 2 amide bonds. The topological polar surface area (TPSA) is 65.8 Å². The third-order valence-electron chi connectivity index (χ3n) is 4.50. The Labute approximate surface area is 159 Å². The van der Waals surface area contributed by atoms with Gasteiger partial charge in [0.25, 0.3) is 5.91 Å². The molecule has 0 unspecified atom stereocenters. The molecule has 1 saturated heterocycles. The Morgan fingerprint density at radius 2 is 1.82 bits per heavy atom. The van der Waals surface area contributed by atoms with Crippen LogP contribution in [0.1, 0.15) is 21.7 Å². The van der Waals surface area contributed by atoms with Crippen LogP contribution in [-0.4, -0.2) is 54.3 Å². The summed E-state index contributed by atoms with van der Waals surface area (Å²) in [7, 11) is 0. The number of rotatable bonds is 5. The highest BCUT2D eigenvalue weighted by Gasteiger charge is 2.30. The second kappa shape index (κ2) is 8.47. The van der Waals surface area contributed by atoms with E-state index in [4.69, 9.17) is 4.42 Å². The summed E-state index contributed by atoms with van der Waals surface area (Å²) in [6.07, 6.45) is -2.97. The van der Waals surface area contributed by atoms with Crippen LogP contribution in [0.25, 0.3) is 0 Å². The first-order chi connectivity index (χ1) is 13.3. The first-order valence-corrected chi connectivity index (χ1v) is 8.81. The standard InChI is InChI=1S/C19H20F3N3O3/c20-19(21,22)15-4-1-3-14(11-15)12-23-17(26)13-24-6-8-25(9-7-24)18(27)16-5-2-10-28-16/h1-5,10-11H,6-9,12-13H2,(H,23,26). The summed E-state index contributed by atoms with van der Waals surface area (Å²) >= 11 is 0. The Morgan fingerprint density at radius 3 is 2.46 bits per heavy atom. The number of amides is 2. The number of furan rings is 1. The molecule has 0 atom stereocenters. The van der Waals surface area contributed by atoms with Gasteiger partial charge in [0.1, 0.15) is 0 Å². The van der Waals surface area contributed by atoms with Gasteiger partial charge >= 0.3 is 6.18 Å². The maximum absolute atomic E-state index is 12.7. The smallest absolute Gasteiger partial charge is 0.416 e. The van der Waals surface area contributed by atoms with Gasteiger partial charge in [-0.15, -0.1) is 0 Å². The lowest BCUT2D eigenvalue weighted by atomic mass is 10.1. The molecule has 2 heterocycles. The summed E-state index contributed by atoms with van der Waals surface area (Å²) in [6, 6.07) is 8.14. The Kier molecular flexibility index (Phi) is 6.03. The first kappa shape index (κ1) is 19.9. The van der Waals surface area contributed by atoms with Gasteiger partial charge in [0.15, 0.2) is 5.76 Å². The molecule has 0 aliphatic carbocycles. The van der Waals surface area contributed by atoms with E-state index in [9.17, 15) is 22.8 Å². The molecule has 150 valence electrons. The first-order valence-electron chi connectivity index (χ1n) is 8.81. The molecule has 9 heteroatoms. The van der Waals surface area contributed by atoms with E-state index < -0.39 is 11.7 Å². The molecule has 1 N–H and O–H groups in total. The maximum Gasteiger partial charge on any atom is 0.416 e. The van der Waals surface area contributed by atoms with E-state index in [1.807, 2.05) is 4.90 Å². The fourth-order valence-corrected chi connectivity index (χ4v) is 2.98. The van der Waals surface area contributed by atoms with Crippen molar-refractivity contribution in [3.63, 3.8) is 0 Å². The molecule has 6 nitrogen and oxygen atoms in total. The van der Waals surface area contributed by atoms with E-state index in [1.165, 1.54) is 18.4 Å². The van der Waals surface area contributed by atoms with Crippen LogP contribution in [0, 0.1) is 0 Å². The van der Waals surface area contributed by atoms with Crippen molar-refractivity contribution in [1.29, 1.82) is 0 Å². The number of carbonyl (C=O) groups excluding carboxylic acids is 2. The summed E-state index contributed by atoms with van der Waals surface area (Å²) < 4.78 is 43.3. The summed E-state index contributed by atoms with van der Waals surface area (Å²) in [6.45, 7) is 2.16. The lowest BCUT2D eigenvalue weighted by Crippen LogP contribution is -2.51. The Morgan fingerprint density at radius 1 is 1.07 bits per heavy atom. The van der Waals surface area contributed by atoms with Crippen LogP contribution >= 0.6 is 0 Å². The molecular weight excluding hydrogens is 375 g/mol. The average Bonchev–Trinajstić information content (AvgIpc) is 3.21. The Balaban J connectivity index is 1.43. The normalized spacial score (nSPS) is 15.5. The summed E-state index contributed by atoms with van der Waals surface area (Å²) in [4.78, 5) is 27.9. The fourth-order valence-electron chi connectivity index (χ4n) is 2.98. The van der Waals surface area contributed by atoms with E-state index in [2.05, 4.69) is 5.32 Å². The monoisotopic (exact) mass is 395 g/mol. The SMILES string of the molecule is O=C(CN1CCN(C(=O)c2ccco2)CC1)NCc1cccc(C(F)(F)F)c1. The summed E-state index contributed by atoms with van der Waals surface area (Å²) in [5.74, 6) is -0.172. The van der Waals surface area contributed by atoms with Crippen LogP contribution in [0.4, 0.5) is 13.2 Å². The molecular formula is C19H20F3N3O3. The molecule has 2 aromatic rings. The molecule has 0 saturated carbocycles. The zero-order valence-corrected chi connectivity index (χ0v) is 15.0. The number of nitrogens with zero attached hydrogens (tertiary/aromatic N) is 2. The van der Waals surface area contributed by atoms with Gasteiger partial charge in [-0.1, -0.05) is 12.1 Å². The largest absolute Gasteiger partial charge is 0.459 e. The van der Waals surface area contributed by atoms with Crippen molar-refractivity contribution < 1.29 is 27.2 Å². The number of carbonyl (C=O) groups is 2. The highest BCUT2D eigenvalue weighted by Crippen LogP contribution is 2.29. The van der Waals surface area contributed by atoms with Gasteiger partial charge in [0, 0.05) is 32.7 Å². The third-order valence-corrected chi connectivity index (χ3v) is 4.50. The summed E-state index contributed by atoms with van der Waals surface area (Å²) in [5, 5.41) is 2.64. The number of nitrogens with one attached hydrogen (secondary N) is 1. The predicted octanol–water partition coefficient (Wildman–Crippen LogP) is 2.37. The Hall–Kier alpha value is -2.81. The van der Waals surface area contributed by atoms with E-state index in [0.29, 0.717) is 31.7 Å². The second-order valence-electron chi connectivity index (χ2n) is 6.52. The quantitative estimate of drug-likeness (QED) is 0.844. The van der Waals surface area contributed by atoms with E-state index in [0.717, 1.165) is 12.1 Å². The van der Waals surface area contributed by atoms with Gasteiger partial charge in [-0.3, -0.25) is 14.5 Å². The molecule has 0 bridgehead atoms. The van der Waals surface area contributed by atoms with Crippen LogP contribution < -0.4 is 5.32 Å². The molecule has 28 heavy (non-hydrogen) atoms. The van der Waals surface area contributed by atoms with Crippen molar-refractivity contribution in [2.24, 2.45) is 0 Å². The highest BCUT2D eigenvalue weighted by atomic mass is 19.4. The molecule has 3 rings (SSSR count). The third kappa shape index (κ3) is 5.13. The average molecular weight is 395 g/mol. The van der Waals surface area contributed by atoms with Crippen molar-refractivity contribution in [2.45, 2.75) is 12.7 Å². The maximum atomic E-state index is 12.7. The molecule has 0 spiro atoms. The van der Waals surface area contributed by atoms with Gasteiger partial charge < -0.3 is 14.6 Å². The highest BCUT2D eigenvalue weighted by molar-refractivity contribution is 5.91. The number of halogens is 3. The minimum atomic E-state index is -4.41. The van der Waals surface area contributed by atoms with Gasteiger partial charge in [-0.25, -0.2) is 0 Å². The van der Waals surface area contributed by atoms with E-state index in [1.54, 1.807) is 17.0 Å². The predicted molar refractivity (Wildman–Crippen MR) is 94.3 cm³/mol. The van der Waals surface area contributed by atoms with Gasteiger partial charge in [-0.2, -0.15) is 13.2 Å². The van der Waals surface area contributed by atoms with E-state index in [-0.39, 0.29) is 30.7 Å². The molecule has 0 radical (unpaired) electrons. The summed E-state index contributed by atoms with van der Waals surface area (Å²) in [5.41, 5.74) is -0.353. The number of alkyl halides is 3. The minimum absolute atomic E-state index is 0.0275. The molecule has 1 fully saturated rings. The number of hydrogen-bond acceptors (Lipinski definition) is 4. The van der Waals surface area contributed by atoms with Crippen LogP contribution in [0.5, 0.6) is 0 Å². The van der Waals surface area contributed by atoms with Crippen LogP contribution in [-0.2, 0) is 17.5 Å². The van der Waals surface area contributed by atoms with Crippen LogP contribution in [0.2, 0.25) is 0 Å². The molecule has 1 aromatic carbocycles. The molecule has 1 aromatic heterocycles. The van der Waals surface area contributed by atoms with Crippen molar-refractivity contribution in [3.8, 4) is 0 Å². The second-order valence-corrected chi connectivity index (χ2v) is 6.52. The molecule has 1 aliphatic heterocycles. The van der Waals surface area contributed by atoms with Gasteiger partial charge in [0.2, 0.25) is 5.91 Å². The van der Waals surface area contributed by atoms with E-state index >= 15 is 0 Å². The van der Waals surface area contributed by atoms with Crippen LogP contribution in [0.15, 0.2) is 47.1 Å². The lowest BCUT2D eigenvalue weighted by molar-refractivity contribution is -0.137. The number of benzene rings is 1. The van der Waals surface area contributed by atoms with Crippen molar-refractivity contribution in [2.75, 3.05) is 32.7 Å². The zero-order chi connectivity index (χ0) is 20.1. The lowest BCUT2D eigenvalue weighted by Gasteiger charge is -2.33. The van der Waals surface area contributed by atoms with Crippen molar-refractivity contribution in [1.82, 2.24) is 15.1 Å².